The van der Waals surface area contributed by atoms with Crippen molar-refractivity contribution in [1.82, 2.24) is 15.3 Å². The second kappa shape index (κ2) is 7.34. The summed E-state index contributed by atoms with van der Waals surface area (Å²) in [6.45, 7) is 0.399. The number of amides is 1. The lowest BCUT2D eigenvalue weighted by atomic mass is 10.2. The van der Waals surface area contributed by atoms with Crippen molar-refractivity contribution in [3.8, 4) is 11.4 Å². The molecule has 0 saturated heterocycles. The van der Waals surface area contributed by atoms with Gasteiger partial charge in [0.15, 0.2) is 0 Å². The molecule has 0 aliphatic rings. The van der Waals surface area contributed by atoms with Gasteiger partial charge in [-0.3, -0.25) is 9.78 Å². The molecule has 0 spiro atoms. The highest BCUT2D eigenvalue weighted by atomic mass is 35.5. The first-order chi connectivity index (χ1) is 13.1. The molecule has 0 aliphatic heterocycles. The van der Waals surface area contributed by atoms with Crippen molar-refractivity contribution in [3.63, 3.8) is 0 Å². The van der Waals surface area contributed by atoms with Crippen LogP contribution in [-0.2, 0) is 6.54 Å². The maximum Gasteiger partial charge on any atom is 0.263 e. The van der Waals surface area contributed by atoms with Gasteiger partial charge in [0.2, 0.25) is 0 Å². The van der Waals surface area contributed by atoms with Crippen LogP contribution in [-0.4, -0.2) is 15.9 Å². The fourth-order valence-electron chi connectivity index (χ4n) is 2.69. The van der Waals surface area contributed by atoms with Crippen molar-refractivity contribution in [1.29, 1.82) is 0 Å². The number of nitrogens with two attached hydrogens (primary N) is 1. The van der Waals surface area contributed by atoms with Crippen LogP contribution in [0.15, 0.2) is 60.8 Å². The topological polar surface area (TPSA) is 80.9 Å². The maximum atomic E-state index is 12.6. The first kappa shape index (κ1) is 17.5. The van der Waals surface area contributed by atoms with Gasteiger partial charge in [-0.05, 0) is 42.0 Å². The molecule has 0 bridgehead atoms. The Labute approximate surface area is 164 Å². The Hall–Kier alpha value is -2.96. The number of nitrogens with zero attached hydrogens (tertiary/aromatic N) is 2. The minimum atomic E-state index is -0.218. The van der Waals surface area contributed by atoms with E-state index in [1.54, 1.807) is 18.3 Å². The molecule has 134 valence electrons. The van der Waals surface area contributed by atoms with Crippen molar-refractivity contribution in [3.05, 3.63) is 76.3 Å². The molecule has 1 amide bonds. The molecule has 4 aromatic rings. The normalized spacial score (nSPS) is 10.9. The highest BCUT2D eigenvalue weighted by Gasteiger charge is 2.17. The minimum absolute atomic E-state index is 0.218. The number of pyridine rings is 2. The number of rotatable bonds is 4. The van der Waals surface area contributed by atoms with Gasteiger partial charge in [0.05, 0.1) is 17.1 Å². The second-order valence-electron chi connectivity index (χ2n) is 5.92. The largest absolute Gasteiger partial charge is 0.397 e. The van der Waals surface area contributed by atoms with Crippen molar-refractivity contribution >= 4 is 44.7 Å². The number of hydrogen-bond donors (Lipinski definition) is 2. The zero-order valence-electron chi connectivity index (χ0n) is 14.1. The summed E-state index contributed by atoms with van der Waals surface area (Å²) in [7, 11) is 0. The number of carbonyl (C=O) groups excluding carboxylic acids is 1. The van der Waals surface area contributed by atoms with Crippen molar-refractivity contribution in [2.75, 3.05) is 5.73 Å². The van der Waals surface area contributed by atoms with E-state index in [9.17, 15) is 4.79 Å². The van der Waals surface area contributed by atoms with Crippen LogP contribution in [0.2, 0.25) is 5.02 Å². The van der Waals surface area contributed by atoms with E-state index in [0.717, 1.165) is 22.3 Å². The number of benzene rings is 1. The summed E-state index contributed by atoms with van der Waals surface area (Å²) < 4.78 is 0. The molecule has 0 saturated carbocycles. The Morgan fingerprint density at radius 1 is 1.07 bits per heavy atom. The number of halogens is 1. The number of anilines is 1. The standard InChI is InChI=1S/C20H15ClN4OS/c21-13-6-4-12(5-7-13)11-24-19(26)18-17(22)14-8-9-16(25-20(14)27-18)15-3-1-2-10-23-15/h1-10H,11,22H2,(H,24,26). The molecule has 4 rings (SSSR count). The van der Waals surface area contributed by atoms with Gasteiger partial charge >= 0.3 is 0 Å². The number of aromatic nitrogens is 2. The van der Waals surface area contributed by atoms with Crippen LogP contribution in [0.1, 0.15) is 15.2 Å². The maximum absolute atomic E-state index is 12.6. The number of nitrogen functional groups attached to an aromatic ring is 1. The average Bonchev–Trinajstić information content (AvgIpc) is 3.04. The summed E-state index contributed by atoms with van der Waals surface area (Å²) in [6, 6.07) is 16.7. The predicted octanol–water partition coefficient (Wildman–Crippen LogP) is 4.52. The molecule has 1 aromatic carbocycles. The summed E-state index contributed by atoms with van der Waals surface area (Å²) >= 11 is 7.16. The minimum Gasteiger partial charge on any atom is -0.397 e. The van der Waals surface area contributed by atoms with Gasteiger partial charge in [0.25, 0.3) is 5.91 Å². The van der Waals surface area contributed by atoms with Gasteiger partial charge in [-0.25, -0.2) is 4.98 Å². The van der Waals surface area contributed by atoms with Gasteiger partial charge in [-0.2, -0.15) is 0 Å². The monoisotopic (exact) mass is 394 g/mol. The second-order valence-corrected chi connectivity index (χ2v) is 7.35. The third kappa shape index (κ3) is 3.63. The molecule has 3 heterocycles. The Bertz CT molecular complexity index is 1110. The van der Waals surface area contributed by atoms with Crippen LogP contribution in [0.25, 0.3) is 21.6 Å². The van der Waals surface area contributed by atoms with E-state index in [1.807, 2.05) is 42.5 Å². The first-order valence-corrected chi connectivity index (χ1v) is 9.44. The van der Waals surface area contributed by atoms with Crippen molar-refractivity contribution < 1.29 is 4.79 Å². The lowest BCUT2D eigenvalue weighted by Crippen LogP contribution is -2.22. The number of carbonyl (C=O) groups is 1. The highest BCUT2D eigenvalue weighted by molar-refractivity contribution is 7.21. The highest BCUT2D eigenvalue weighted by Crippen LogP contribution is 2.33. The van der Waals surface area contributed by atoms with E-state index < -0.39 is 0 Å². The van der Waals surface area contributed by atoms with Gasteiger partial charge in [-0.15, -0.1) is 11.3 Å². The molecule has 3 N–H and O–H groups in total. The smallest absolute Gasteiger partial charge is 0.263 e. The van der Waals surface area contributed by atoms with Gasteiger partial charge < -0.3 is 11.1 Å². The lowest BCUT2D eigenvalue weighted by Gasteiger charge is -2.04. The van der Waals surface area contributed by atoms with E-state index in [0.29, 0.717) is 27.0 Å². The van der Waals surface area contributed by atoms with Crippen LogP contribution < -0.4 is 11.1 Å². The third-order valence-corrected chi connectivity index (χ3v) is 5.46. The van der Waals surface area contributed by atoms with E-state index in [1.165, 1.54) is 11.3 Å². The molecule has 3 aromatic heterocycles. The number of nitrogens with one attached hydrogen (secondary N) is 1. The van der Waals surface area contributed by atoms with E-state index in [-0.39, 0.29) is 5.91 Å². The fourth-order valence-corrected chi connectivity index (χ4v) is 3.82. The number of fused-ring (bicyclic) bond motifs is 1. The predicted molar refractivity (Wildman–Crippen MR) is 110 cm³/mol. The van der Waals surface area contributed by atoms with Gasteiger partial charge in [0.1, 0.15) is 9.71 Å². The summed E-state index contributed by atoms with van der Waals surface area (Å²) in [5.74, 6) is -0.218. The molecule has 0 unspecified atom stereocenters. The number of hydrogen-bond acceptors (Lipinski definition) is 5. The molecule has 0 radical (unpaired) electrons. The molecular weight excluding hydrogens is 380 g/mol. The van der Waals surface area contributed by atoms with Crippen LogP contribution in [0.4, 0.5) is 5.69 Å². The molecule has 7 heteroatoms. The van der Waals surface area contributed by atoms with E-state index >= 15 is 0 Å². The fraction of sp³-hybridized carbons (Fsp3) is 0.0500. The molecular formula is C20H15ClN4OS. The van der Waals surface area contributed by atoms with Gasteiger partial charge in [-0.1, -0.05) is 29.8 Å². The molecule has 0 fully saturated rings. The average molecular weight is 395 g/mol. The van der Waals surface area contributed by atoms with Crippen molar-refractivity contribution in [2.45, 2.75) is 6.54 Å². The quantitative estimate of drug-likeness (QED) is 0.533. The van der Waals surface area contributed by atoms with E-state index in [2.05, 4.69) is 15.3 Å². The molecule has 27 heavy (non-hydrogen) atoms. The Morgan fingerprint density at radius 3 is 2.63 bits per heavy atom. The summed E-state index contributed by atoms with van der Waals surface area (Å²) in [4.78, 5) is 22.7. The Morgan fingerprint density at radius 2 is 1.89 bits per heavy atom. The van der Waals surface area contributed by atoms with Crippen molar-refractivity contribution in [2.24, 2.45) is 0 Å². The zero-order valence-corrected chi connectivity index (χ0v) is 15.7. The Kier molecular flexibility index (Phi) is 4.75. The number of thiophene rings is 1. The lowest BCUT2D eigenvalue weighted by molar-refractivity contribution is 0.0956. The van der Waals surface area contributed by atoms with Crippen LogP contribution in [0, 0.1) is 0 Å². The van der Waals surface area contributed by atoms with Crippen LogP contribution in [0.5, 0.6) is 0 Å². The molecule has 0 atom stereocenters. The first-order valence-electron chi connectivity index (χ1n) is 8.25. The van der Waals surface area contributed by atoms with Gasteiger partial charge in [0, 0.05) is 23.2 Å². The molecule has 5 nitrogen and oxygen atoms in total. The van der Waals surface area contributed by atoms with Crippen LogP contribution in [0.3, 0.4) is 0 Å². The third-order valence-electron chi connectivity index (χ3n) is 4.09. The molecule has 0 aliphatic carbocycles. The Balaban J connectivity index is 1.59. The SMILES string of the molecule is Nc1c(C(=O)NCc2ccc(Cl)cc2)sc2nc(-c3ccccn3)ccc12. The van der Waals surface area contributed by atoms with Crippen LogP contribution >= 0.6 is 22.9 Å². The van der Waals surface area contributed by atoms with E-state index in [4.69, 9.17) is 17.3 Å². The summed E-state index contributed by atoms with van der Waals surface area (Å²) in [5.41, 5.74) is 9.13. The summed E-state index contributed by atoms with van der Waals surface area (Å²) in [6.07, 6.45) is 1.72. The summed E-state index contributed by atoms with van der Waals surface area (Å²) in [5, 5.41) is 4.33. The zero-order chi connectivity index (χ0) is 18.8.